The molecular formula is C22H29F2N5O. The Labute approximate surface area is 176 Å². The Kier molecular flexibility index (Phi) is 6.15. The maximum absolute atomic E-state index is 14.3. The molecule has 1 aromatic heterocycles. The molecule has 0 aliphatic carbocycles. The molecule has 3 heterocycles. The molecular weight excluding hydrogens is 388 g/mol. The maximum Gasteiger partial charge on any atom is 0.257 e. The van der Waals surface area contributed by atoms with Crippen LogP contribution in [0, 0.1) is 11.6 Å². The van der Waals surface area contributed by atoms with Crippen molar-refractivity contribution in [1.82, 2.24) is 24.5 Å². The largest absolute Gasteiger partial charge is 0.336 e. The second-order valence-electron chi connectivity index (χ2n) is 8.41. The van der Waals surface area contributed by atoms with Crippen molar-refractivity contribution in [2.75, 3.05) is 46.3 Å². The second kappa shape index (κ2) is 8.81. The van der Waals surface area contributed by atoms with E-state index in [4.69, 9.17) is 0 Å². The highest BCUT2D eigenvalue weighted by Gasteiger charge is 2.29. The van der Waals surface area contributed by atoms with E-state index in [0.717, 1.165) is 32.2 Å². The number of halogens is 2. The van der Waals surface area contributed by atoms with Crippen LogP contribution in [-0.2, 0) is 7.05 Å². The highest BCUT2D eigenvalue weighted by molar-refractivity contribution is 6.00. The van der Waals surface area contributed by atoms with E-state index in [-0.39, 0.29) is 17.2 Å². The zero-order chi connectivity index (χ0) is 21.3. The first-order chi connectivity index (χ1) is 14.4. The Hall–Kier alpha value is -2.32. The Morgan fingerprint density at radius 3 is 2.57 bits per heavy atom. The first-order valence-electron chi connectivity index (χ1n) is 10.6. The average molecular weight is 418 g/mol. The molecule has 2 aromatic rings. The van der Waals surface area contributed by atoms with Gasteiger partial charge in [0.25, 0.3) is 5.91 Å². The summed E-state index contributed by atoms with van der Waals surface area (Å²) in [4.78, 5) is 19.9. The molecule has 0 N–H and O–H groups in total. The van der Waals surface area contributed by atoms with Gasteiger partial charge in [0, 0.05) is 63.6 Å². The Bertz CT molecular complexity index is 907. The molecule has 6 nitrogen and oxygen atoms in total. The molecule has 0 spiro atoms. The van der Waals surface area contributed by atoms with Crippen LogP contribution in [0.5, 0.6) is 0 Å². The van der Waals surface area contributed by atoms with Crippen LogP contribution >= 0.6 is 0 Å². The second-order valence-corrected chi connectivity index (χ2v) is 8.41. The number of aryl methyl sites for hydroxylation is 1. The fraction of sp³-hybridized carbons (Fsp3) is 0.545. The third-order valence-corrected chi connectivity index (χ3v) is 6.30. The van der Waals surface area contributed by atoms with E-state index < -0.39 is 11.6 Å². The zero-order valence-corrected chi connectivity index (χ0v) is 17.7. The first kappa shape index (κ1) is 20.9. The van der Waals surface area contributed by atoms with Crippen molar-refractivity contribution in [2.24, 2.45) is 7.05 Å². The number of carbonyl (C=O) groups is 1. The van der Waals surface area contributed by atoms with E-state index >= 15 is 0 Å². The molecule has 0 saturated carbocycles. The summed E-state index contributed by atoms with van der Waals surface area (Å²) < 4.78 is 29.1. The van der Waals surface area contributed by atoms with Crippen molar-refractivity contribution in [3.63, 3.8) is 0 Å². The third kappa shape index (κ3) is 4.39. The predicted molar refractivity (Wildman–Crippen MR) is 111 cm³/mol. The van der Waals surface area contributed by atoms with Gasteiger partial charge < -0.3 is 9.80 Å². The minimum atomic E-state index is -0.718. The quantitative estimate of drug-likeness (QED) is 0.767. The third-order valence-electron chi connectivity index (χ3n) is 6.30. The molecule has 30 heavy (non-hydrogen) atoms. The fourth-order valence-electron chi connectivity index (χ4n) is 4.50. The van der Waals surface area contributed by atoms with E-state index in [9.17, 15) is 13.6 Å². The number of carbonyl (C=O) groups excluding carboxylic acids is 1. The summed E-state index contributed by atoms with van der Waals surface area (Å²) >= 11 is 0. The summed E-state index contributed by atoms with van der Waals surface area (Å²) in [5.41, 5.74) is 0.744. The van der Waals surface area contributed by atoms with Crippen LogP contribution in [0.15, 0.2) is 24.4 Å². The van der Waals surface area contributed by atoms with E-state index in [2.05, 4.69) is 21.9 Å². The maximum atomic E-state index is 14.3. The smallest absolute Gasteiger partial charge is 0.257 e. The molecule has 2 aliphatic rings. The van der Waals surface area contributed by atoms with Crippen molar-refractivity contribution in [2.45, 2.75) is 25.3 Å². The molecule has 2 fully saturated rings. The summed E-state index contributed by atoms with van der Waals surface area (Å²) in [5, 5.41) is 4.28. The summed E-state index contributed by atoms with van der Waals surface area (Å²) in [5.74, 6) is -1.53. The number of nitrogens with zero attached hydrogens (tertiary/aromatic N) is 5. The van der Waals surface area contributed by atoms with Crippen LogP contribution in [0.2, 0.25) is 0 Å². The Morgan fingerprint density at radius 1 is 1.10 bits per heavy atom. The van der Waals surface area contributed by atoms with Crippen molar-refractivity contribution < 1.29 is 13.6 Å². The van der Waals surface area contributed by atoms with Crippen LogP contribution < -0.4 is 0 Å². The summed E-state index contributed by atoms with van der Waals surface area (Å²) in [6, 6.07) is 3.93. The zero-order valence-electron chi connectivity index (χ0n) is 17.7. The highest BCUT2D eigenvalue weighted by atomic mass is 19.1. The molecule has 8 heteroatoms. The van der Waals surface area contributed by atoms with Crippen LogP contribution in [0.3, 0.4) is 0 Å². The Morgan fingerprint density at radius 2 is 1.87 bits per heavy atom. The summed E-state index contributed by atoms with van der Waals surface area (Å²) in [7, 11) is 3.89. The van der Waals surface area contributed by atoms with Gasteiger partial charge in [-0.05, 0) is 38.6 Å². The number of rotatable bonds is 4. The number of likely N-dealkylation sites (tertiary alicyclic amines) is 1. The number of hydrogen-bond donors (Lipinski definition) is 0. The number of likely N-dealkylation sites (N-methyl/N-ethyl adjacent to an activating group) is 1. The lowest BCUT2D eigenvalue weighted by atomic mass is 10.0. The molecule has 0 radical (unpaired) electrons. The van der Waals surface area contributed by atoms with Crippen LogP contribution in [0.25, 0.3) is 11.3 Å². The van der Waals surface area contributed by atoms with Crippen LogP contribution in [-0.4, -0.2) is 82.7 Å². The first-order valence-corrected chi connectivity index (χ1v) is 10.6. The summed E-state index contributed by atoms with van der Waals surface area (Å²) in [6.45, 7) is 5.13. The predicted octanol–water partition coefficient (Wildman–Crippen LogP) is 2.61. The molecule has 162 valence electrons. The minimum Gasteiger partial charge on any atom is -0.336 e. The summed E-state index contributed by atoms with van der Waals surface area (Å²) in [6.07, 6.45) is 5.41. The lowest BCUT2D eigenvalue weighted by Crippen LogP contribution is -2.53. The number of amides is 1. The molecule has 1 aromatic carbocycles. The molecule has 4 rings (SSSR count). The van der Waals surface area contributed by atoms with E-state index in [1.165, 1.54) is 36.1 Å². The normalized spacial score (nSPS) is 21.2. The van der Waals surface area contributed by atoms with Gasteiger partial charge >= 0.3 is 0 Å². The molecule has 2 saturated heterocycles. The van der Waals surface area contributed by atoms with Gasteiger partial charge in [-0.1, -0.05) is 6.42 Å². The highest BCUT2D eigenvalue weighted by Crippen LogP contribution is 2.27. The van der Waals surface area contributed by atoms with Crippen LogP contribution in [0.4, 0.5) is 8.78 Å². The van der Waals surface area contributed by atoms with Crippen molar-refractivity contribution in [3.8, 4) is 11.3 Å². The van der Waals surface area contributed by atoms with Gasteiger partial charge in [-0.25, -0.2) is 8.78 Å². The Balaban J connectivity index is 1.43. The standard InChI is InChI=1S/C22H29F2N5O/c1-26-8-4-3-5-17(26)14-28-9-11-29(12-10-28)22(30)19-15-27(2)25-21(19)18-7-6-16(23)13-20(18)24/h6-7,13,15,17H,3-5,8-12,14H2,1-2H3. The van der Waals surface area contributed by atoms with Gasteiger partial charge in [0.15, 0.2) is 0 Å². The van der Waals surface area contributed by atoms with Gasteiger partial charge in [0.1, 0.15) is 17.3 Å². The van der Waals surface area contributed by atoms with Crippen molar-refractivity contribution >= 4 is 5.91 Å². The number of piperazine rings is 1. The topological polar surface area (TPSA) is 44.6 Å². The number of hydrogen-bond acceptors (Lipinski definition) is 4. The van der Waals surface area contributed by atoms with Crippen molar-refractivity contribution in [1.29, 1.82) is 0 Å². The lowest BCUT2D eigenvalue weighted by molar-refractivity contribution is 0.0565. The molecule has 0 bridgehead atoms. The molecule has 1 amide bonds. The average Bonchev–Trinajstić information content (AvgIpc) is 3.11. The SMILES string of the molecule is CN1CCCCC1CN1CCN(C(=O)c2cn(C)nc2-c2ccc(F)cc2F)CC1. The van der Waals surface area contributed by atoms with Crippen LogP contribution in [0.1, 0.15) is 29.6 Å². The molecule has 2 aliphatic heterocycles. The lowest BCUT2D eigenvalue weighted by Gasteiger charge is -2.40. The number of benzene rings is 1. The van der Waals surface area contributed by atoms with E-state index in [1.54, 1.807) is 13.2 Å². The monoisotopic (exact) mass is 417 g/mol. The van der Waals surface area contributed by atoms with Gasteiger partial charge in [-0.2, -0.15) is 5.10 Å². The molecule has 1 atom stereocenters. The van der Waals surface area contributed by atoms with Gasteiger partial charge in [-0.15, -0.1) is 0 Å². The van der Waals surface area contributed by atoms with Gasteiger partial charge in [0.2, 0.25) is 0 Å². The van der Waals surface area contributed by atoms with Gasteiger partial charge in [0.05, 0.1) is 5.56 Å². The van der Waals surface area contributed by atoms with Crippen molar-refractivity contribution in [3.05, 3.63) is 41.6 Å². The van der Waals surface area contributed by atoms with E-state index in [0.29, 0.717) is 24.7 Å². The number of aromatic nitrogens is 2. The minimum absolute atomic E-state index is 0.138. The van der Waals surface area contributed by atoms with E-state index in [1.807, 2.05) is 4.90 Å². The van der Waals surface area contributed by atoms with Gasteiger partial charge in [-0.3, -0.25) is 14.4 Å². The fourth-order valence-corrected chi connectivity index (χ4v) is 4.50. The molecule has 1 unspecified atom stereocenters. The number of piperidine rings is 1.